The third-order valence-electron chi connectivity index (χ3n) is 5.13. The van der Waals surface area contributed by atoms with Gasteiger partial charge in [0.1, 0.15) is 0 Å². The molecule has 0 aromatic carbocycles. The van der Waals surface area contributed by atoms with E-state index in [1.807, 2.05) is 0 Å². The Labute approximate surface area is 152 Å². The summed E-state index contributed by atoms with van der Waals surface area (Å²) in [5.74, 6) is -0.127. The van der Waals surface area contributed by atoms with Crippen molar-refractivity contribution >= 4 is 23.2 Å². The number of nitrogens with one attached hydrogen (secondary N) is 1. The molecule has 1 aromatic rings. The Morgan fingerprint density at radius 3 is 2.84 bits per heavy atom. The van der Waals surface area contributed by atoms with Crippen LogP contribution in [0.1, 0.15) is 39.6 Å². The highest BCUT2D eigenvalue weighted by atomic mass is 32.1. The van der Waals surface area contributed by atoms with E-state index in [0.717, 1.165) is 38.0 Å². The molecule has 2 amide bonds. The molecular formula is C17H27N5O2S. The molecule has 0 spiro atoms. The van der Waals surface area contributed by atoms with Crippen LogP contribution in [0.2, 0.25) is 0 Å². The van der Waals surface area contributed by atoms with E-state index in [2.05, 4.69) is 22.2 Å². The first-order valence-electron chi connectivity index (χ1n) is 8.80. The SMILES string of the molecule is CN1CCc2nc(C(=O)NC3C[C@@H](C(=O)N(C)C)CC[C@@H]3N)sc2C1. The van der Waals surface area contributed by atoms with Crippen LogP contribution in [-0.2, 0) is 17.8 Å². The van der Waals surface area contributed by atoms with Gasteiger partial charge >= 0.3 is 0 Å². The highest BCUT2D eigenvalue weighted by Gasteiger charge is 2.34. The summed E-state index contributed by atoms with van der Waals surface area (Å²) >= 11 is 1.47. The van der Waals surface area contributed by atoms with Crippen LogP contribution in [0.15, 0.2) is 0 Å². The molecule has 1 saturated carbocycles. The van der Waals surface area contributed by atoms with Crippen molar-refractivity contribution in [2.24, 2.45) is 11.7 Å². The lowest BCUT2D eigenvalue weighted by Gasteiger charge is -2.34. The van der Waals surface area contributed by atoms with Gasteiger partial charge in [-0.3, -0.25) is 9.59 Å². The summed E-state index contributed by atoms with van der Waals surface area (Å²) in [4.78, 5) is 34.4. The number of likely N-dealkylation sites (N-methyl/N-ethyl adjacent to an activating group) is 1. The van der Waals surface area contributed by atoms with Crippen LogP contribution in [0.5, 0.6) is 0 Å². The number of hydrogen-bond donors (Lipinski definition) is 2. The maximum absolute atomic E-state index is 12.6. The summed E-state index contributed by atoms with van der Waals surface area (Å²) in [7, 11) is 5.61. The number of rotatable bonds is 3. The van der Waals surface area contributed by atoms with Crippen LogP contribution >= 0.6 is 11.3 Å². The topological polar surface area (TPSA) is 91.6 Å². The summed E-state index contributed by atoms with van der Waals surface area (Å²) in [5, 5.41) is 3.54. The lowest BCUT2D eigenvalue weighted by Crippen LogP contribution is -2.52. The number of aromatic nitrogens is 1. The molecule has 0 radical (unpaired) electrons. The van der Waals surface area contributed by atoms with Crippen molar-refractivity contribution in [1.29, 1.82) is 0 Å². The molecule has 1 aliphatic heterocycles. The summed E-state index contributed by atoms with van der Waals surface area (Å²) in [6.07, 6.45) is 3.01. The molecule has 2 aliphatic rings. The molecule has 25 heavy (non-hydrogen) atoms. The van der Waals surface area contributed by atoms with Crippen LogP contribution in [0, 0.1) is 5.92 Å². The van der Waals surface area contributed by atoms with Gasteiger partial charge in [0.05, 0.1) is 5.69 Å². The van der Waals surface area contributed by atoms with E-state index in [1.54, 1.807) is 19.0 Å². The van der Waals surface area contributed by atoms with Gasteiger partial charge in [0.15, 0.2) is 5.01 Å². The fourth-order valence-electron chi connectivity index (χ4n) is 3.60. The Kier molecular flexibility index (Phi) is 5.41. The standard InChI is InChI=1S/C17H27N5O2S/c1-21(2)17(24)10-4-5-11(18)13(8-10)19-15(23)16-20-12-6-7-22(3)9-14(12)25-16/h10-11,13H,4-9,18H2,1-3H3,(H,19,23)/t10-,11-,13?/m0/s1. The van der Waals surface area contributed by atoms with Crippen LogP contribution in [0.25, 0.3) is 0 Å². The molecule has 138 valence electrons. The fraction of sp³-hybridized carbons (Fsp3) is 0.706. The van der Waals surface area contributed by atoms with Gasteiger partial charge in [0.2, 0.25) is 5.91 Å². The summed E-state index contributed by atoms with van der Waals surface area (Å²) < 4.78 is 0. The van der Waals surface area contributed by atoms with E-state index in [0.29, 0.717) is 11.4 Å². The summed E-state index contributed by atoms with van der Waals surface area (Å²) in [6.45, 7) is 1.82. The van der Waals surface area contributed by atoms with Crippen molar-refractivity contribution < 1.29 is 9.59 Å². The molecule has 7 nitrogen and oxygen atoms in total. The zero-order valence-corrected chi connectivity index (χ0v) is 15.9. The van der Waals surface area contributed by atoms with Crippen molar-refractivity contribution in [2.45, 2.75) is 44.3 Å². The van der Waals surface area contributed by atoms with E-state index < -0.39 is 0 Å². The Balaban J connectivity index is 1.66. The number of nitrogens with two attached hydrogens (primary N) is 1. The third-order valence-corrected chi connectivity index (χ3v) is 6.21. The molecule has 3 atom stereocenters. The highest BCUT2D eigenvalue weighted by Crippen LogP contribution is 2.27. The van der Waals surface area contributed by atoms with Gasteiger partial charge in [-0.25, -0.2) is 4.98 Å². The molecule has 2 heterocycles. The second-order valence-corrected chi connectivity index (χ2v) is 8.45. The second-order valence-electron chi connectivity index (χ2n) is 7.36. The Hall–Kier alpha value is -1.51. The maximum Gasteiger partial charge on any atom is 0.280 e. The zero-order chi connectivity index (χ0) is 18.1. The van der Waals surface area contributed by atoms with Gasteiger partial charge in [0, 0.05) is 56.5 Å². The number of fused-ring (bicyclic) bond motifs is 1. The van der Waals surface area contributed by atoms with Crippen molar-refractivity contribution in [3.8, 4) is 0 Å². The average Bonchev–Trinajstić information content (AvgIpc) is 2.99. The predicted molar refractivity (Wildman–Crippen MR) is 97.4 cm³/mol. The minimum atomic E-state index is -0.182. The number of hydrogen-bond acceptors (Lipinski definition) is 6. The molecule has 1 aliphatic carbocycles. The van der Waals surface area contributed by atoms with E-state index in [9.17, 15) is 9.59 Å². The Morgan fingerprint density at radius 2 is 2.12 bits per heavy atom. The molecule has 0 bridgehead atoms. The van der Waals surface area contributed by atoms with Gasteiger partial charge < -0.3 is 20.9 Å². The number of carbonyl (C=O) groups excluding carboxylic acids is 2. The van der Waals surface area contributed by atoms with Crippen molar-refractivity contribution in [1.82, 2.24) is 20.1 Å². The molecule has 3 N–H and O–H groups in total. The zero-order valence-electron chi connectivity index (χ0n) is 15.1. The molecule has 3 rings (SSSR count). The molecule has 8 heteroatoms. The van der Waals surface area contributed by atoms with Crippen molar-refractivity contribution in [2.75, 3.05) is 27.7 Å². The lowest BCUT2D eigenvalue weighted by molar-refractivity contribution is -0.134. The van der Waals surface area contributed by atoms with E-state index >= 15 is 0 Å². The van der Waals surface area contributed by atoms with E-state index in [1.165, 1.54) is 16.2 Å². The normalized spacial score (nSPS) is 26.8. The van der Waals surface area contributed by atoms with Crippen LogP contribution in [0.3, 0.4) is 0 Å². The predicted octanol–water partition coefficient (Wildman–Crippen LogP) is 0.445. The van der Waals surface area contributed by atoms with Crippen LogP contribution < -0.4 is 11.1 Å². The first-order valence-corrected chi connectivity index (χ1v) is 9.61. The average molecular weight is 366 g/mol. The summed E-state index contributed by atoms with van der Waals surface area (Å²) in [5.41, 5.74) is 7.24. The Bertz CT molecular complexity index is 659. The van der Waals surface area contributed by atoms with Gasteiger partial charge in [-0.1, -0.05) is 0 Å². The van der Waals surface area contributed by atoms with Crippen molar-refractivity contribution in [3.63, 3.8) is 0 Å². The number of nitrogens with zero attached hydrogens (tertiary/aromatic N) is 3. The van der Waals surface area contributed by atoms with Crippen LogP contribution in [-0.4, -0.2) is 66.4 Å². The van der Waals surface area contributed by atoms with Gasteiger partial charge in [-0.15, -0.1) is 11.3 Å². The second kappa shape index (κ2) is 7.39. The first kappa shape index (κ1) is 18.3. The minimum Gasteiger partial charge on any atom is -0.349 e. The van der Waals surface area contributed by atoms with E-state index in [-0.39, 0.29) is 29.8 Å². The largest absolute Gasteiger partial charge is 0.349 e. The van der Waals surface area contributed by atoms with E-state index in [4.69, 9.17) is 5.73 Å². The number of amides is 2. The van der Waals surface area contributed by atoms with Crippen LogP contribution in [0.4, 0.5) is 0 Å². The number of carbonyl (C=O) groups is 2. The number of thiazole rings is 1. The lowest BCUT2D eigenvalue weighted by atomic mass is 9.82. The maximum atomic E-state index is 12.6. The third kappa shape index (κ3) is 4.02. The Morgan fingerprint density at radius 1 is 1.36 bits per heavy atom. The van der Waals surface area contributed by atoms with Gasteiger partial charge in [-0.05, 0) is 26.3 Å². The van der Waals surface area contributed by atoms with Gasteiger partial charge in [0.25, 0.3) is 5.91 Å². The smallest absolute Gasteiger partial charge is 0.280 e. The monoisotopic (exact) mass is 365 g/mol. The van der Waals surface area contributed by atoms with Crippen molar-refractivity contribution in [3.05, 3.63) is 15.6 Å². The first-order chi connectivity index (χ1) is 11.8. The molecule has 1 unspecified atom stereocenters. The quantitative estimate of drug-likeness (QED) is 0.811. The minimum absolute atomic E-state index is 0.0711. The summed E-state index contributed by atoms with van der Waals surface area (Å²) in [6, 6.07) is -0.297. The highest BCUT2D eigenvalue weighted by molar-refractivity contribution is 7.13. The van der Waals surface area contributed by atoms with Gasteiger partial charge in [-0.2, -0.15) is 0 Å². The molecule has 1 aromatic heterocycles. The molecule has 0 saturated heterocycles. The fourth-order valence-corrected chi connectivity index (χ4v) is 4.69. The molecule has 1 fully saturated rings. The molecular weight excluding hydrogens is 338 g/mol.